The number of urea groups is 1. The van der Waals surface area contributed by atoms with Gasteiger partial charge in [0.2, 0.25) is 0 Å². The summed E-state index contributed by atoms with van der Waals surface area (Å²) in [6, 6.07) is 5.74. The van der Waals surface area contributed by atoms with Crippen molar-refractivity contribution in [3.05, 3.63) is 65.0 Å². The van der Waals surface area contributed by atoms with Crippen molar-refractivity contribution in [2.75, 3.05) is 43.0 Å². The van der Waals surface area contributed by atoms with Crippen molar-refractivity contribution in [2.24, 2.45) is 0 Å². The predicted octanol–water partition coefficient (Wildman–Crippen LogP) is 3.79. The topological polar surface area (TPSA) is 119 Å². The van der Waals surface area contributed by atoms with Crippen molar-refractivity contribution in [3.8, 4) is 0 Å². The van der Waals surface area contributed by atoms with Crippen molar-refractivity contribution in [1.82, 2.24) is 15.1 Å². The lowest BCUT2D eigenvalue weighted by Gasteiger charge is -2.35. The number of aliphatic hydroxyl groups is 1. The number of rotatable bonds is 6. The summed E-state index contributed by atoms with van der Waals surface area (Å²) in [5, 5.41) is 14.5. The lowest BCUT2D eigenvalue weighted by atomic mass is 9.91. The maximum atomic E-state index is 14.7. The fraction of sp³-hybridized carbons (Fsp3) is 0.481. The monoisotopic (exact) mass is 654 g/mol. The van der Waals surface area contributed by atoms with E-state index >= 15 is 0 Å². The number of benzene rings is 2. The highest BCUT2D eigenvalue weighted by atomic mass is 32.2. The van der Waals surface area contributed by atoms with Gasteiger partial charge >= 0.3 is 18.4 Å². The first-order chi connectivity index (χ1) is 20.4. The number of hydrogen-bond donors (Lipinski definition) is 3. The molecule has 0 aromatic heterocycles. The van der Waals surface area contributed by atoms with Crippen LogP contribution in [-0.2, 0) is 22.0 Å². The van der Waals surface area contributed by atoms with Gasteiger partial charge in [0, 0.05) is 49.9 Å². The number of carbonyl (C=O) groups is 2. The van der Waals surface area contributed by atoms with Gasteiger partial charge in [-0.2, -0.15) is 26.3 Å². The number of sulfone groups is 1. The van der Waals surface area contributed by atoms with Crippen LogP contribution in [0.25, 0.3) is 0 Å². The van der Waals surface area contributed by atoms with E-state index in [4.69, 9.17) is 0 Å². The summed E-state index contributed by atoms with van der Waals surface area (Å²) in [6.07, 6.45) is -11.5. The standard InChI is InChI=1S/C27H29F7N4O5S/c28-21-15-18(3-6-22(21)36-24(40)35-20-7-13-44(42,43)14-8-20)23(39)38-11-9-37(10-12-38)16-17-1-4-19(5-2-17)25(41,26(29,30)31)27(32,33)34/h1-6,15,20,41H,7-14,16H2,(H2,35,36,40). The molecule has 2 fully saturated rings. The zero-order valence-corrected chi connectivity index (χ0v) is 23.8. The van der Waals surface area contributed by atoms with Gasteiger partial charge in [0.25, 0.3) is 11.5 Å². The van der Waals surface area contributed by atoms with Gasteiger partial charge in [0.05, 0.1) is 17.2 Å². The largest absolute Gasteiger partial charge is 0.430 e. The van der Waals surface area contributed by atoms with Crippen molar-refractivity contribution < 1.29 is 53.8 Å². The molecule has 2 aliphatic rings. The van der Waals surface area contributed by atoms with Gasteiger partial charge in [-0.1, -0.05) is 24.3 Å². The first-order valence-corrected chi connectivity index (χ1v) is 15.3. The third kappa shape index (κ3) is 7.43. The summed E-state index contributed by atoms with van der Waals surface area (Å²) < 4.78 is 116. The van der Waals surface area contributed by atoms with Crippen LogP contribution in [0.3, 0.4) is 0 Å². The molecule has 0 bridgehead atoms. The molecule has 0 spiro atoms. The smallest absolute Gasteiger partial charge is 0.369 e. The van der Waals surface area contributed by atoms with Gasteiger partial charge in [0.15, 0.2) is 0 Å². The van der Waals surface area contributed by atoms with Crippen LogP contribution in [0.2, 0.25) is 0 Å². The minimum Gasteiger partial charge on any atom is -0.369 e. The summed E-state index contributed by atoms with van der Waals surface area (Å²) in [5.74, 6) is -1.44. The minimum atomic E-state index is -5.98. The Balaban J connectivity index is 1.29. The SMILES string of the molecule is O=C(Nc1ccc(C(=O)N2CCN(Cc3ccc(C(O)(C(F)(F)F)C(F)(F)F)cc3)CC2)cc1F)NC1CCS(=O)(=O)CC1. The van der Waals surface area contributed by atoms with Gasteiger partial charge in [-0.15, -0.1) is 0 Å². The van der Waals surface area contributed by atoms with E-state index in [0.717, 1.165) is 18.2 Å². The van der Waals surface area contributed by atoms with Crippen LogP contribution in [0.15, 0.2) is 42.5 Å². The maximum absolute atomic E-state index is 14.7. The van der Waals surface area contributed by atoms with Gasteiger partial charge in [0.1, 0.15) is 15.7 Å². The Labute approximate surface area is 247 Å². The van der Waals surface area contributed by atoms with Crippen LogP contribution in [0.4, 0.5) is 41.2 Å². The third-order valence-corrected chi connectivity index (χ3v) is 9.33. The number of alkyl halides is 6. The van der Waals surface area contributed by atoms with Crippen molar-refractivity contribution in [2.45, 2.75) is 43.4 Å². The third-order valence-electron chi connectivity index (χ3n) is 7.61. The highest BCUT2D eigenvalue weighted by molar-refractivity contribution is 7.91. The van der Waals surface area contributed by atoms with Gasteiger partial charge < -0.3 is 20.6 Å². The second-order valence-corrected chi connectivity index (χ2v) is 13.0. The molecule has 0 saturated carbocycles. The molecule has 4 rings (SSSR count). The number of anilines is 1. The van der Waals surface area contributed by atoms with E-state index in [9.17, 15) is 53.8 Å². The van der Waals surface area contributed by atoms with Crippen LogP contribution >= 0.6 is 0 Å². The van der Waals surface area contributed by atoms with Crippen LogP contribution in [0.1, 0.15) is 34.3 Å². The molecular weight excluding hydrogens is 625 g/mol. The quantitative estimate of drug-likeness (QED) is 0.408. The Hall–Kier alpha value is -3.44. The molecule has 44 heavy (non-hydrogen) atoms. The summed E-state index contributed by atoms with van der Waals surface area (Å²) in [7, 11) is -3.11. The average molecular weight is 655 g/mol. The zero-order chi connectivity index (χ0) is 32.5. The van der Waals surface area contributed by atoms with Crippen molar-refractivity contribution in [1.29, 1.82) is 0 Å². The number of nitrogens with one attached hydrogen (secondary N) is 2. The molecule has 242 valence electrons. The molecule has 0 atom stereocenters. The molecule has 2 aromatic carbocycles. The van der Waals surface area contributed by atoms with Gasteiger partial charge in [-0.25, -0.2) is 17.6 Å². The number of nitrogens with zero attached hydrogens (tertiary/aromatic N) is 2. The number of carbonyl (C=O) groups excluding carboxylic acids is 2. The molecule has 2 aliphatic heterocycles. The Morgan fingerprint density at radius 2 is 1.45 bits per heavy atom. The fourth-order valence-corrected chi connectivity index (χ4v) is 6.51. The van der Waals surface area contributed by atoms with E-state index in [2.05, 4.69) is 10.6 Å². The first kappa shape index (κ1) is 33.5. The lowest BCUT2D eigenvalue weighted by Crippen LogP contribution is -2.53. The number of amides is 3. The van der Waals surface area contributed by atoms with Crippen LogP contribution in [0, 0.1) is 5.82 Å². The Bertz CT molecular complexity index is 1450. The second kappa shape index (κ2) is 12.5. The average Bonchev–Trinajstić information content (AvgIpc) is 2.94. The highest BCUT2D eigenvalue weighted by Crippen LogP contribution is 2.50. The molecule has 0 aliphatic carbocycles. The van der Waals surface area contributed by atoms with E-state index in [1.807, 2.05) is 4.90 Å². The van der Waals surface area contributed by atoms with Gasteiger partial charge in [-0.3, -0.25) is 9.69 Å². The van der Waals surface area contributed by atoms with E-state index in [-0.39, 0.29) is 61.3 Å². The molecule has 3 amide bonds. The molecule has 2 aromatic rings. The molecule has 0 unspecified atom stereocenters. The van der Waals surface area contributed by atoms with Crippen molar-refractivity contribution >= 4 is 27.5 Å². The normalized spacial score (nSPS) is 18.6. The first-order valence-electron chi connectivity index (χ1n) is 13.4. The number of hydrogen-bond acceptors (Lipinski definition) is 6. The molecule has 2 saturated heterocycles. The number of piperazine rings is 1. The Kier molecular flexibility index (Phi) is 9.51. The fourth-order valence-electron chi connectivity index (χ4n) is 5.02. The van der Waals surface area contributed by atoms with E-state index < -0.39 is 51.1 Å². The van der Waals surface area contributed by atoms with Gasteiger partial charge in [-0.05, 0) is 36.6 Å². The summed E-state index contributed by atoms with van der Waals surface area (Å²) >= 11 is 0. The van der Waals surface area contributed by atoms with Crippen LogP contribution < -0.4 is 10.6 Å². The zero-order valence-electron chi connectivity index (χ0n) is 23.0. The molecule has 3 N–H and O–H groups in total. The van der Waals surface area contributed by atoms with Crippen LogP contribution in [0.5, 0.6) is 0 Å². The van der Waals surface area contributed by atoms with E-state index in [0.29, 0.717) is 30.8 Å². The summed E-state index contributed by atoms with van der Waals surface area (Å²) in [6.45, 7) is 1.20. The molecular formula is C27H29F7N4O5S. The number of halogens is 7. The Morgan fingerprint density at radius 3 is 1.98 bits per heavy atom. The van der Waals surface area contributed by atoms with Crippen LogP contribution in [-0.4, -0.2) is 91.3 Å². The summed E-state index contributed by atoms with van der Waals surface area (Å²) in [4.78, 5) is 28.5. The van der Waals surface area contributed by atoms with E-state index in [1.165, 1.54) is 17.0 Å². The molecule has 0 radical (unpaired) electrons. The molecule has 17 heteroatoms. The maximum Gasteiger partial charge on any atom is 0.430 e. The minimum absolute atomic E-state index is 0.0248. The van der Waals surface area contributed by atoms with E-state index in [1.54, 1.807) is 0 Å². The summed E-state index contributed by atoms with van der Waals surface area (Å²) in [5.41, 5.74) is -6.12. The second-order valence-electron chi connectivity index (χ2n) is 10.7. The lowest BCUT2D eigenvalue weighted by molar-refractivity contribution is -0.376. The predicted molar refractivity (Wildman–Crippen MR) is 144 cm³/mol. The highest BCUT2D eigenvalue weighted by Gasteiger charge is 2.71. The molecule has 9 nitrogen and oxygen atoms in total. The molecule has 2 heterocycles. The Morgan fingerprint density at radius 1 is 0.886 bits per heavy atom. The van der Waals surface area contributed by atoms with Crippen molar-refractivity contribution in [3.63, 3.8) is 0 Å².